The van der Waals surface area contributed by atoms with Crippen LogP contribution in [0.25, 0.3) is 10.9 Å². The molecule has 0 amide bonds. The molecule has 0 aliphatic heterocycles. The highest BCUT2D eigenvalue weighted by atomic mass is 15.3. The fourth-order valence-electron chi connectivity index (χ4n) is 4.53. The summed E-state index contributed by atoms with van der Waals surface area (Å²) in [7, 11) is 0. The molecule has 1 aromatic heterocycles. The average molecular weight is 283 g/mol. The zero-order chi connectivity index (χ0) is 14.2. The van der Waals surface area contributed by atoms with E-state index in [1.807, 2.05) is 0 Å². The van der Waals surface area contributed by atoms with Crippen LogP contribution in [0, 0.1) is 17.8 Å². The molecule has 2 saturated carbocycles. The van der Waals surface area contributed by atoms with Crippen molar-refractivity contribution in [2.45, 2.75) is 45.7 Å². The molecular weight excluding hydrogens is 258 g/mol. The van der Waals surface area contributed by atoms with E-state index >= 15 is 0 Å². The molecule has 1 N–H and O–H groups in total. The number of benzene rings is 1. The smallest absolute Gasteiger partial charge is 0.0841 e. The Morgan fingerprint density at radius 3 is 2.90 bits per heavy atom. The van der Waals surface area contributed by atoms with E-state index in [-0.39, 0.29) is 0 Å². The molecule has 2 bridgehead atoms. The van der Waals surface area contributed by atoms with Crippen molar-refractivity contribution < 1.29 is 0 Å². The fraction of sp³-hybridized carbons (Fsp3) is 0.611. The zero-order valence-electron chi connectivity index (χ0n) is 12.9. The van der Waals surface area contributed by atoms with Crippen molar-refractivity contribution >= 4 is 10.9 Å². The van der Waals surface area contributed by atoms with Crippen molar-refractivity contribution in [2.75, 3.05) is 6.54 Å². The van der Waals surface area contributed by atoms with Gasteiger partial charge in [0.2, 0.25) is 0 Å². The van der Waals surface area contributed by atoms with Gasteiger partial charge in [0.1, 0.15) is 0 Å². The van der Waals surface area contributed by atoms with Crippen molar-refractivity contribution in [1.29, 1.82) is 0 Å². The summed E-state index contributed by atoms with van der Waals surface area (Å²) >= 11 is 0. The van der Waals surface area contributed by atoms with Gasteiger partial charge in [-0.05, 0) is 49.6 Å². The van der Waals surface area contributed by atoms with Crippen LogP contribution in [0.2, 0.25) is 0 Å². The van der Waals surface area contributed by atoms with Crippen molar-refractivity contribution in [2.24, 2.45) is 17.8 Å². The quantitative estimate of drug-likeness (QED) is 0.909. The van der Waals surface area contributed by atoms with E-state index in [1.54, 1.807) is 0 Å². The lowest BCUT2D eigenvalue weighted by molar-refractivity contribution is 0.288. The Kier molecular flexibility index (Phi) is 3.46. The van der Waals surface area contributed by atoms with E-state index in [2.05, 4.69) is 41.2 Å². The number of rotatable bonds is 5. The lowest BCUT2D eigenvalue weighted by atomic mass is 9.89. The molecule has 0 radical (unpaired) electrons. The van der Waals surface area contributed by atoms with E-state index in [0.29, 0.717) is 0 Å². The highest BCUT2D eigenvalue weighted by Crippen LogP contribution is 2.48. The van der Waals surface area contributed by atoms with Crippen molar-refractivity contribution in [3.8, 4) is 0 Å². The van der Waals surface area contributed by atoms with E-state index in [0.717, 1.165) is 37.4 Å². The molecule has 1 heterocycles. The SMILES string of the molecule is CCNCc1nn(CC2CC3CCC2C3)c2ccccc12. The van der Waals surface area contributed by atoms with Gasteiger partial charge in [-0.3, -0.25) is 4.68 Å². The molecule has 3 atom stereocenters. The summed E-state index contributed by atoms with van der Waals surface area (Å²) in [5.41, 5.74) is 2.52. The van der Waals surface area contributed by atoms with Crippen molar-refractivity contribution in [3.63, 3.8) is 0 Å². The van der Waals surface area contributed by atoms with Gasteiger partial charge in [-0.15, -0.1) is 0 Å². The van der Waals surface area contributed by atoms with Crippen LogP contribution in [0.4, 0.5) is 0 Å². The molecule has 0 spiro atoms. The first-order chi connectivity index (χ1) is 10.3. The lowest BCUT2D eigenvalue weighted by Gasteiger charge is -2.21. The summed E-state index contributed by atoms with van der Waals surface area (Å²) in [4.78, 5) is 0. The van der Waals surface area contributed by atoms with Crippen molar-refractivity contribution in [1.82, 2.24) is 15.1 Å². The maximum atomic E-state index is 4.93. The Morgan fingerprint density at radius 1 is 1.24 bits per heavy atom. The highest BCUT2D eigenvalue weighted by Gasteiger charge is 2.39. The van der Waals surface area contributed by atoms with Crippen LogP contribution in [-0.2, 0) is 13.1 Å². The van der Waals surface area contributed by atoms with Gasteiger partial charge >= 0.3 is 0 Å². The fourth-order valence-corrected chi connectivity index (χ4v) is 4.53. The first kappa shape index (κ1) is 13.3. The Morgan fingerprint density at radius 2 is 2.14 bits per heavy atom. The normalized spacial score (nSPS) is 27.8. The predicted octanol–water partition coefficient (Wildman–Crippen LogP) is 3.58. The minimum absolute atomic E-state index is 0.860. The van der Waals surface area contributed by atoms with Crippen LogP contribution < -0.4 is 5.32 Å². The topological polar surface area (TPSA) is 29.9 Å². The molecule has 112 valence electrons. The van der Waals surface area contributed by atoms with Crippen LogP contribution in [0.1, 0.15) is 38.3 Å². The lowest BCUT2D eigenvalue weighted by Crippen LogP contribution is -2.18. The van der Waals surface area contributed by atoms with Crippen LogP contribution in [0.5, 0.6) is 0 Å². The standard InChI is InChI=1S/C18H25N3/c1-2-19-11-17-16-5-3-4-6-18(16)21(20-17)12-15-10-13-7-8-14(15)9-13/h3-6,13-15,19H,2,7-12H2,1H3. The number of hydrogen-bond acceptors (Lipinski definition) is 2. The average Bonchev–Trinajstić information content (AvgIpc) is 3.20. The highest BCUT2D eigenvalue weighted by molar-refractivity contribution is 5.81. The Labute approximate surface area is 126 Å². The largest absolute Gasteiger partial charge is 0.311 e. The zero-order valence-corrected chi connectivity index (χ0v) is 12.9. The summed E-state index contributed by atoms with van der Waals surface area (Å²) < 4.78 is 2.29. The molecular formula is C18H25N3. The number of nitrogens with one attached hydrogen (secondary N) is 1. The molecule has 2 aromatic rings. The summed E-state index contributed by atoms with van der Waals surface area (Å²) in [5, 5.41) is 9.66. The Hall–Kier alpha value is -1.35. The minimum atomic E-state index is 0.860. The van der Waals surface area contributed by atoms with E-state index in [1.165, 1.54) is 42.3 Å². The molecule has 21 heavy (non-hydrogen) atoms. The number of aromatic nitrogens is 2. The first-order valence-electron chi connectivity index (χ1n) is 8.50. The van der Waals surface area contributed by atoms with E-state index in [4.69, 9.17) is 5.10 Å². The Bertz CT molecular complexity index is 630. The van der Waals surface area contributed by atoms with Crippen LogP contribution in [0.3, 0.4) is 0 Å². The summed E-state index contributed by atoms with van der Waals surface area (Å²) in [6.45, 7) is 5.14. The number of nitrogens with zero attached hydrogens (tertiary/aromatic N) is 2. The molecule has 2 aliphatic carbocycles. The number of fused-ring (bicyclic) bond motifs is 3. The monoisotopic (exact) mass is 283 g/mol. The van der Waals surface area contributed by atoms with Gasteiger partial charge in [-0.2, -0.15) is 5.10 Å². The summed E-state index contributed by atoms with van der Waals surface area (Å²) in [6, 6.07) is 8.71. The van der Waals surface area contributed by atoms with Gasteiger partial charge in [0.25, 0.3) is 0 Å². The molecule has 4 rings (SSSR count). The van der Waals surface area contributed by atoms with E-state index < -0.39 is 0 Å². The van der Waals surface area contributed by atoms with Gasteiger partial charge in [0.15, 0.2) is 0 Å². The summed E-state index contributed by atoms with van der Waals surface area (Å²) in [5.74, 6) is 2.84. The van der Waals surface area contributed by atoms with Gasteiger partial charge in [0.05, 0.1) is 11.2 Å². The van der Waals surface area contributed by atoms with Gasteiger partial charge in [-0.25, -0.2) is 0 Å². The van der Waals surface area contributed by atoms with Crippen LogP contribution in [0.15, 0.2) is 24.3 Å². The van der Waals surface area contributed by atoms with E-state index in [9.17, 15) is 0 Å². The maximum absolute atomic E-state index is 4.93. The third-order valence-electron chi connectivity index (χ3n) is 5.57. The first-order valence-corrected chi connectivity index (χ1v) is 8.50. The number of para-hydroxylation sites is 1. The van der Waals surface area contributed by atoms with Crippen LogP contribution in [-0.4, -0.2) is 16.3 Å². The van der Waals surface area contributed by atoms with Gasteiger partial charge < -0.3 is 5.32 Å². The molecule has 1 aromatic carbocycles. The summed E-state index contributed by atoms with van der Waals surface area (Å²) in [6.07, 6.45) is 5.85. The third-order valence-corrected chi connectivity index (χ3v) is 5.57. The second-order valence-electron chi connectivity index (χ2n) is 6.86. The van der Waals surface area contributed by atoms with Crippen molar-refractivity contribution in [3.05, 3.63) is 30.0 Å². The van der Waals surface area contributed by atoms with Gasteiger partial charge in [-0.1, -0.05) is 31.5 Å². The molecule has 0 saturated heterocycles. The second-order valence-corrected chi connectivity index (χ2v) is 6.86. The molecule has 3 nitrogen and oxygen atoms in total. The third kappa shape index (κ3) is 2.38. The Balaban J connectivity index is 1.62. The van der Waals surface area contributed by atoms with Gasteiger partial charge in [0, 0.05) is 18.5 Å². The van der Waals surface area contributed by atoms with Crippen LogP contribution >= 0.6 is 0 Å². The minimum Gasteiger partial charge on any atom is -0.311 e. The second kappa shape index (κ2) is 5.45. The molecule has 3 heteroatoms. The predicted molar refractivity (Wildman–Crippen MR) is 86.1 cm³/mol. The molecule has 3 unspecified atom stereocenters. The molecule has 2 fully saturated rings. The number of hydrogen-bond donors (Lipinski definition) is 1. The maximum Gasteiger partial charge on any atom is 0.0841 e. The molecule has 2 aliphatic rings.